The Morgan fingerprint density at radius 2 is 2.14 bits per heavy atom. The Hall–Kier alpha value is -3.09. The second-order valence-electron chi connectivity index (χ2n) is 4.59. The number of nitrogens with one attached hydrogen (secondary N) is 1. The summed E-state index contributed by atoms with van der Waals surface area (Å²) in [5.74, 6) is 1.02. The van der Waals surface area contributed by atoms with Crippen molar-refractivity contribution >= 4 is 11.7 Å². The van der Waals surface area contributed by atoms with E-state index in [1.54, 1.807) is 29.9 Å². The molecule has 0 spiro atoms. The van der Waals surface area contributed by atoms with E-state index in [-0.39, 0.29) is 12.5 Å². The van der Waals surface area contributed by atoms with Gasteiger partial charge in [-0.25, -0.2) is 4.68 Å². The van der Waals surface area contributed by atoms with E-state index < -0.39 is 0 Å². The zero-order valence-electron chi connectivity index (χ0n) is 11.9. The predicted molar refractivity (Wildman–Crippen MR) is 78.9 cm³/mol. The molecule has 3 aromatic rings. The quantitative estimate of drug-likeness (QED) is 0.780. The van der Waals surface area contributed by atoms with Gasteiger partial charge in [0.05, 0.1) is 5.69 Å². The van der Waals surface area contributed by atoms with E-state index in [0.717, 1.165) is 5.69 Å². The SMILES string of the molecule is Cc1cc(NC(=O)COc2ccn(-c3ccccc3)n2)no1. The van der Waals surface area contributed by atoms with Crippen LogP contribution in [0.1, 0.15) is 5.76 Å². The van der Waals surface area contributed by atoms with Crippen LogP contribution >= 0.6 is 0 Å². The van der Waals surface area contributed by atoms with Gasteiger partial charge in [0.1, 0.15) is 5.76 Å². The maximum absolute atomic E-state index is 11.7. The van der Waals surface area contributed by atoms with E-state index in [4.69, 9.17) is 9.26 Å². The molecule has 0 aliphatic carbocycles. The molecule has 1 aromatic carbocycles. The molecule has 2 aromatic heterocycles. The van der Waals surface area contributed by atoms with Crippen LogP contribution in [0.4, 0.5) is 5.82 Å². The molecule has 0 saturated heterocycles. The molecule has 112 valence electrons. The van der Waals surface area contributed by atoms with Crippen molar-refractivity contribution in [3.05, 3.63) is 54.4 Å². The molecular formula is C15H14N4O3. The summed E-state index contributed by atoms with van der Waals surface area (Å²) in [5.41, 5.74) is 0.917. The van der Waals surface area contributed by atoms with Gasteiger partial charge in [0, 0.05) is 18.3 Å². The van der Waals surface area contributed by atoms with Crippen molar-refractivity contribution < 1.29 is 14.1 Å². The van der Waals surface area contributed by atoms with E-state index in [1.165, 1.54) is 0 Å². The number of ether oxygens (including phenoxy) is 1. The standard InChI is InChI=1S/C15H14N4O3/c1-11-9-13(18-22-11)16-14(20)10-21-15-7-8-19(17-15)12-5-3-2-4-6-12/h2-9H,10H2,1H3,(H,16,18,20). The average molecular weight is 298 g/mol. The van der Waals surface area contributed by atoms with Gasteiger partial charge in [-0.05, 0) is 19.1 Å². The van der Waals surface area contributed by atoms with Crippen LogP contribution in [-0.4, -0.2) is 27.5 Å². The summed E-state index contributed by atoms with van der Waals surface area (Å²) >= 11 is 0. The first kappa shape index (κ1) is 13.9. The van der Waals surface area contributed by atoms with Crippen LogP contribution in [0, 0.1) is 6.92 Å². The number of hydrogen-bond acceptors (Lipinski definition) is 5. The molecule has 7 nitrogen and oxygen atoms in total. The second-order valence-corrected chi connectivity index (χ2v) is 4.59. The molecular weight excluding hydrogens is 284 g/mol. The lowest BCUT2D eigenvalue weighted by Crippen LogP contribution is -2.20. The van der Waals surface area contributed by atoms with Crippen LogP contribution in [0.2, 0.25) is 0 Å². The number of para-hydroxylation sites is 1. The van der Waals surface area contributed by atoms with E-state index in [0.29, 0.717) is 17.5 Å². The number of hydrogen-bond donors (Lipinski definition) is 1. The third kappa shape index (κ3) is 3.32. The normalized spacial score (nSPS) is 10.4. The highest BCUT2D eigenvalue weighted by Crippen LogP contribution is 2.12. The molecule has 22 heavy (non-hydrogen) atoms. The van der Waals surface area contributed by atoms with Crippen molar-refractivity contribution in [2.24, 2.45) is 0 Å². The van der Waals surface area contributed by atoms with E-state index >= 15 is 0 Å². The highest BCUT2D eigenvalue weighted by atomic mass is 16.5. The van der Waals surface area contributed by atoms with Gasteiger partial charge in [-0.3, -0.25) is 4.79 Å². The van der Waals surface area contributed by atoms with Gasteiger partial charge in [-0.2, -0.15) is 0 Å². The van der Waals surface area contributed by atoms with Crippen LogP contribution in [0.25, 0.3) is 5.69 Å². The summed E-state index contributed by atoms with van der Waals surface area (Å²) in [5, 5.41) is 10.5. The predicted octanol–water partition coefficient (Wildman–Crippen LogP) is 2.19. The number of anilines is 1. The van der Waals surface area contributed by atoms with Crippen molar-refractivity contribution in [1.29, 1.82) is 0 Å². The number of amides is 1. The Kier molecular flexibility index (Phi) is 3.86. The van der Waals surface area contributed by atoms with Gasteiger partial charge in [-0.15, -0.1) is 5.10 Å². The van der Waals surface area contributed by atoms with Gasteiger partial charge in [0.25, 0.3) is 5.91 Å². The van der Waals surface area contributed by atoms with E-state index in [2.05, 4.69) is 15.6 Å². The molecule has 2 heterocycles. The number of aromatic nitrogens is 3. The van der Waals surface area contributed by atoms with Gasteiger partial charge in [-0.1, -0.05) is 23.4 Å². The maximum atomic E-state index is 11.7. The summed E-state index contributed by atoms with van der Waals surface area (Å²) in [4.78, 5) is 11.7. The number of nitrogens with zero attached hydrogens (tertiary/aromatic N) is 3. The monoisotopic (exact) mass is 298 g/mol. The summed E-state index contributed by atoms with van der Waals surface area (Å²) in [6.07, 6.45) is 1.77. The lowest BCUT2D eigenvalue weighted by atomic mass is 10.3. The Morgan fingerprint density at radius 1 is 1.32 bits per heavy atom. The van der Waals surface area contributed by atoms with Gasteiger partial charge in [0.2, 0.25) is 5.88 Å². The first-order valence-electron chi connectivity index (χ1n) is 6.68. The van der Waals surface area contributed by atoms with E-state index in [9.17, 15) is 4.79 Å². The average Bonchev–Trinajstić information content (AvgIpc) is 3.15. The minimum absolute atomic E-state index is 0.155. The number of carbonyl (C=O) groups excluding carboxylic acids is 1. The van der Waals surface area contributed by atoms with Gasteiger partial charge in [0.15, 0.2) is 12.4 Å². The Morgan fingerprint density at radius 3 is 2.86 bits per heavy atom. The molecule has 0 aliphatic rings. The summed E-state index contributed by atoms with van der Waals surface area (Å²) in [7, 11) is 0. The molecule has 7 heteroatoms. The topological polar surface area (TPSA) is 82.2 Å². The van der Waals surface area contributed by atoms with Crippen molar-refractivity contribution in [2.75, 3.05) is 11.9 Å². The number of carbonyl (C=O) groups is 1. The van der Waals surface area contributed by atoms with Crippen LogP contribution < -0.4 is 10.1 Å². The summed E-state index contributed by atoms with van der Waals surface area (Å²) in [6, 6.07) is 12.9. The zero-order valence-corrected chi connectivity index (χ0v) is 11.9. The first-order valence-corrected chi connectivity index (χ1v) is 6.68. The third-order valence-corrected chi connectivity index (χ3v) is 2.83. The highest BCUT2D eigenvalue weighted by molar-refractivity contribution is 5.90. The molecule has 1 amide bonds. The minimum Gasteiger partial charge on any atom is -0.466 e. The second kappa shape index (κ2) is 6.13. The molecule has 3 rings (SSSR count). The van der Waals surface area contributed by atoms with Gasteiger partial charge < -0.3 is 14.6 Å². The lowest BCUT2D eigenvalue weighted by Gasteiger charge is -2.03. The first-order chi connectivity index (χ1) is 10.7. The molecule has 0 radical (unpaired) electrons. The molecule has 0 fully saturated rings. The van der Waals surface area contributed by atoms with Gasteiger partial charge >= 0.3 is 0 Å². The third-order valence-electron chi connectivity index (χ3n) is 2.83. The fourth-order valence-corrected chi connectivity index (χ4v) is 1.85. The number of rotatable bonds is 5. The van der Waals surface area contributed by atoms with Crippen molar-refractivity contribution in [2.45, 2.75) is 6.92 Å². The van der Waals surface area contributed by atoms with Crippen LogP contribution in [0.15, 0.2) is 53.2 Å². The zero-order chi connectivity index (χ0) is 15.4. The Balaban J connectivity index is 1.56. The largest absolute Gasteiger partial charge is 0.466 e. The molecule has 0 aliphatic heterocycles. The van der Waals surface area contributed by atoms with Crippen molar-refractivity contribution in [3.63, 3.8) is 0 Å². The molecule has 0 saturated carbocycles. The van der Waals surface area contributed by atoms with Crippen LogP contribution in [0.5, 0.6) is 5.88 Å². The van der Waals surface area contributed by atoms with Crippen LogP contribution in [-0.2, 0) is 4.79 Å². The number of benzene rings is 1. The molecule has 0 bridgehead atoms. The minimum atomic E-state index is -0.331. The molecule has 0 unspecified atom stereocenters. The maximum Gasteiger partial charge on any atom is 0.263 e. The molecule has 0 atom stereocenters. The summed E-state index contributed by atoms with van der Waals surface area (Å²) in [6.45, 7) is 1.59. The fraction of sp³-hybridized carbons (Fsp3) is 0.133. The Bertz CT molecular complexity index is 764. The van der Waals surface area contributed by atoms with Crippen molar-refractivity contribution in [1.82, 2.24) is 14.9 Å². The fourth-order valence-electron chi connectivity index (χ4n) is 1.85. The Labute approximate surface area is 126 Å². The summed E-state index contributed by atoms with van der Waals surface area (Å²) < 4.78 is 11.9. The lowest BCUT2D eigenvalue weighted by molar-refractivity contribution is -0.118. The van der Waals surface area contributed by atoms with Crippen molar-refractivity contribution in [3.8, 4) is 11.6 Å². The van der Waals surface area contributed by atoms with E-state index in [1.807, 2.05) is 30.3 Å². The molecule has 1 N–H and O–H groups in total. The van der Waals surface area contributed by atoms with Crippen LogP contribution in [0.3, 0.4) is 0 Å². The number of aryl methyl sites for hydroxylation is 1. The smallest absolute Gasteiger partial charge is 0.263 e. The highest BCUT2D eigenvalue weighted by Gasteiger charge is 2.08.